The molecule has 5 nitrogen and oxygen atoms in total. The minimum absolute atomic E-state index is 0.152. The first kappa shape index (κ1) is 17.1. The van der Waals surface area contributed by atoms with Crippen molar-refractivity contribution >= 4 is 46.7 Å². The molecule has 0 bridgehead atoms. The summed E-state index contributed by atoms with van der Waals surface area (Å²) in [7, 11) is 0. The molecular formula is C17H18N2O3S2. The zero-order chi connectivity index (χ0) is 17.1. The van der Waals surface area contributed by atoms with E-state index in [1.54, 1.807) is 22.7 Å². The summed E-state index contributed by atoms with van der Waals surface area (Å²) in [4.78, 5) is 41.0. The number of benzene rings is 1. The summed E-state index contributed by atoms with van der Waals surface area (Å²) in [5.74, 6) is -0.535. The molecule has 0 unspecified atom stereocenters. The van der Waals surface area contributed by atoms with E-state index in [9.17, 15) is 14.4 Å². The fraction of sp³-hybridized carbons (Fsp3) is 0.353. The molecule has 1 aromatic carbocycles. The van der Waals surface area contributed by atoms with Crippen LogP contribution in [0.2, 0.25) is 0 Å². The summed E-state index contributed by atoms with van der Waals surface area (Å²) in [6.07, 6.45) is 5.67. The second-order valence-corrected chi connectivity index (χ2v) is 7.50. The number of imide groups is 1. The van der Waals surface area contributed by atoms with E-state index in [1.165, 1.54) is 0 Å². The van der Waals surface area contributed by atoms with E-state index in [4.69, 9.17) is 0 Å². The van der Waals surface area contributed by atoms with Gasteiger partial charge in [-0.15, -0.1) is 11.8 Å². The van der Waals surface area contributed by atoms with E-state index >= 15 is 0 Å². The highest BCUT2D eigenvalue weighted by Gasteiger charge is 2.37. The Morgan fingerprint density at radius 2 is 1.88 bits per heavy atom. The molecule has 7 heteroatoms. The Balaban J connectivity index is 1.70. The summed E-state index contributed by atoms with van der Waals surface area (Å²) < 4.78 is 0. The molecule has 0 aliphatic carbocycles. The van der Waals surface area contributed by atoms with Gasteiger partial charge in [0.2, 0.25) is 5.91 Å². The number of nitrogens with zero attached hydrogens (tertiary/aromatic N) is 2. The number of carbonyl (C=O) groups excluding carboxylic acids is 3. The van der Waals surface area contributed by atoms with E-state index in [-0.39, 0.29) is 23.6 Å². The average Bonchev–Trinajstić information content (AvgIpc) is 3.20. The quantitative estimate of drug-likeness (QED) is 0.609. The molecule has 3 rings (SSSR count). The van der Waals surface area contributed by atoms with Crippen LogP contribution in [0.1, 0.15) is 18.4 Å². The molecule has 0 radical (unpaired) electrons. The Kier molecular flexibility index (Phi) is 5.30. The van der Waals surface area contributed by atoms with Crippen molar-refractivity contribution < 1.29 is 14.4 Å². The number of likely N-dealkylation sites (tertiary alicyclic amines) is 1. The average molecular weight is 362 g/mol. The Morgan fingerprint density at radius 3 is 2.50 bits per heavy atom. The maximum Gasteiger partial charge on any atom is 0.294 e. The lowest BCUT2D eigenvalue weighted by molar-refractivity contribution is -0.135. The third kappa shape index (κ3) is 3.67. The van der Waals surface area contributed by atoms with E-state index in [1.807, 2.05) is 30.5 Å². The van der Waals surface area contributed by atoms with Crippen molar-refractivity contribution in [1.82, 2.24) is 9.80 Å². The molecule has 0 N–H and O–H groups in total. The van der Waals surface area contributed by atoms with Gasteiger partial charge in [0.25, 0.3) is 11.1 Å². The molecule has 0 aromatic heterocycles. The van der Waals surface area contributed by atoms with Gasteiger partial charge >= 0.3 is 0 Å². The van der Waals surface area contributed by atoms with Crippen LogP contribution in [0.4, 0.5) is 4.79 Å². The number of hydrogen-bond acceptors (Lipinski definition) is 5. The Hall–Kier alpha value is -1.73. The number of carbonyl (C=O) groups is 3. The van der Waals surface area contributed by atoms with Gasteiger partial charge in [0.1, 0.15) is 6.54 Å². The predicted octanol–water partition coefficient (Wildman–Crippen LogP) is 3.07. The molecule has 2 aliphatic rings. The zero-order valence-corrected chi connectivity index (χ0v) is 15.0. The van der Waals surface area contributed by atoms with Crippen molar-refractivity contribution in [3.8, 4) is 0 Å². The van der Waals surface area contributed by atoms with E-state index in [0.29, 0.717) is 18.0 Å². The normalized spacial score (nSPS) is 19.6. The summed E-state index contributed by atoms with van der Waals surface area (Å²) >= 11 is 2.54. The topological polar surface area (TPSA) is 57.7 Å². The monoisotopic (exact) mass is 362 g/mol. The lowest BCUT2D eigenvalue weighted by Crippen LogP contribution is -2.40. The number of hydrogen-bond donors (Lipinski definition) is 0. The van der Waals surface area contributed by atoms with Crippen LogP contribution in [0.25, 0.3) is 6.08 Å². The minimum atomic E-state index is -0.383. The number of rotatable bonds is 4. The molecule has 2 fully saturated rings. The number of thioether (sulfide) groups is 2. The molecule has 2 aliphatic heterocycles. The third-order valence-electron chi connectivity index (χ3n) is 4.04. The van der Waals surface area contributed by atoms with Crippen LogP contribution in [0.5, 0.6) is 0 Å². The number of amides is 3. The molecule has 2 heterocycles. The molecule has 0 atom stereocenters. The Labute approximate surface area is 149 Å². The minimum Gasteiger partial charge on any atom is -0.341 e. The molecular weight excluding hydrogens is 344 g/mol. The van der Waals surface area contributed by atoms with Crippen LogP contribution < -0.4 is 0 Å². The van der Waals surface area contributed by atoms with Crippen molar-refractivity contribution in [2.24, 2.45) is 0 Å². The molecule has 126 valence electrons. The van der Waals surface area contributed by atoms with Crippen LogP contribution >= 0.6 is 23.5 Å². The van der Waals surface area contributed by atoms with Gasteiger partial charge in [0, 0.05) is 18.0 Å². The maximum atomic E-state index is 12.4. The Morgan fingerprint density at radius 1 is 1.21 bits per heavy atom. The zero-order valence-electron chi connectivity index (χ0n) is 13.4. The van der Waals surface area contributed by atoms with Crippen LogP contribution in [0.3, 0.4) is 0 Å². The lowest BCUT2D eigenvalue weighted by Gasteiger charge is -2.18. The fourth-order valence-corrected chi connectivity index (χ4v) is 3.94. The lowest BCUT2D eigenvalue weighted by atomic mass is 10.2. The largest absolute Gasteiger partial charge is 0.341 e. The van der Waals surface area contributed by atoms with Crippen LogP contribution in [-0.2, 0) is 9.59 Å². The van der Waals surface area contributed by atoms with Crippen LogP contribution in [-0.4, -0.2) is 52.7 Å². The summed E-state index contributed by atoms with van der Waals surface area (Å²) in [5, 5.41) is -0.375. The second kappa shape index (κ2) is 7.44. The van der Waals surface area contributed by atoms with Crippen molar-refractivity contribution in [1.29, 1.82) is 0 Å². The highest BCUT2D eigenvalue weighted by atomic mass is 32.2. The standard InChI is InChI=1S/C17H18N2O3S2/c1-23-13-6-4-12(5-7-13)10-14-16(21)19(17(22)24-14)11-15(20)18-8-2-3-9-18/h4-7,10H,2-3,8-9,11H2,1H3/b14-10-. The summed E-state index contributed by atoms with van der Waals surface area (Å²) in [6.45, 7) is 1.27. The van der Waals surface area contributed by atoms with Gasteiger partial charge in [-0.25, -0.2) is 0 Å². The van der Waals surface area contributed by atoms with E-state index in [2.05, 4.69) is 0 Å². The molecule has 1 aromatic rings. The smallest absolute Gasteiger partial charge is 0.294 e. The van der Waals surface area contributed by atoms with Crippen molar-refractivity contribution in [2.75, 3.05) is 25.9 Å². The Bertz CT molecular complexity index is 694. The molecule has 0 saturated carbocycles. The maximum absolute atomic E-state index is 12.4. The SMILES string of the molecule is CSc1ccc(/C=C2\SC(=O)N(CC(=O)N3CCCC3)C2=O)cc1. The van der Waals surface area contributed by atoms with Gasteiger partial charge in [-0.1, -0.05) is 12.1 Å². The van der Waals surface area contributed by atoms with Gasteiger partial charge in [-0.2, -0.15) is 0 Å². The summed E-state index contributed by atoms with van der Waals surface area (Å²) in [6, 6.07) is 7.76. The predicted molar refractivity (Wildman–Crippen MR) is 96.7 cm³/mol. The first-order valence-electron chi connectivity index (χ1n) is 7.75. The van der Waals surface area contributed by atoms with Crippen molar-refractivity contribution in [2.45, 2.75) is 17.7 Å². The van der Waals surface area contributed by atoms with Gasteiger partial charge < -0.3 is 4.90 Å². The third-order valence-corrected chi connectivity index (χ3v) is 5.69. The van der Waals surface area contributed by atoms with Crippen molar-refractivity contribution in [3.05, 3.63) is 34.7 Å². The second-order valence-electron chi connectivity index (χ2n) is 5.63. The molecule has 0 spiro atoms. The highest BCUT2D eigenvalue weighted by Crippen LogP contribution is 2.32. The fourth-order valence-electron chi connectivity index (χ4n) is 2.69. The van der Waals surface area contributed by atoms with Crippen LogP contribution in [0, 0.1) is 0 Å². The molecule has 3 amide bonds. The highest BCUT2D eigenvalue weighted by molar-refractivity contribution is 8.18. The van der Waals surface area contributed by atoms with Gasteiger partial charge in [-0.3, -0.25) is 19.3 Å². The summed E-state index contributed by atoms with van der Waals surface area (Å²) in [5.41, 5.74) is 0.865. The van der Waals surface area contributed by atoms with Gasteiger partial charge in [0.15, 0.2) is 0 Å². The first-order chi connectivity index (χ1) is 11.6. The van der Waals surface area contributed by atoms with E-state index < -0.39 is 0 Å². The van der Waals surface area contributed by atoms with Crippen molar-refractivity contribution in [3.63, 3.8) is 0 Å². The van der Waals surface area contributed by atoms with Gasteiger partial charge in [0.05, 0.1) is 4.91 Å². The molecule has 24 heavy (non-hydrogen) atoms. The van der Waals surface area contributed by atoms with Crippen LogP contribution in [0.15, 0.2) is 34.1 Å². The molecule has 2 saturated heterocycles. The van der Waals surface area contributed by atoms with E-state index in [0.717, 1.165) is 40.0 Å². The first-order valence-corrected chi connectivity index (χ1v) is 9.80. The van der Waals surface area contributed by atoms with Gasteiger partial charge in [-0.05, 0) is 54.6 Å².